The quantitative estimate of drug-likeness (QED) is 0.656. The zero-order chi connectivity index (χ0) is 17.5. The average molecular weight is 356 g/mol. The van der Waals surface area contributed by atoms with Gasteiger partial charge in [-0.25, -0.2) is 9.50 Å². The van der Waals surface area contributed by atoms with Gasteiger partial charge in [0.2, 0.25) is 0 Å². The van der Waals surface area contributed by atoms with Gasteiger partial charge in [0.1, 0.15) is 17.5 Å². The van der Waals surface area contributed by atoms with Crippen molar-refractivity contribution in [3.8, 4) is 0 Å². The van der Waals surface area contributed by atoms with E-state index < -0.39 is 6.29 Å². The van der Waals surface area contributed by atoms with Gasteiger partial charge in [0.05, 0.1) is 18.3 Å². The molecule has 8 nitrogen and oxygen atoms in total. The van der Waals surface area contributed by atoms with Crippen LogP contribution in [0.4, 0.5) is 0 Å². The molecule has 2 unspecified atom stereocenters. The van der Waals surface area contributed by atoms with Crippen LogP contribution < -0.4 is 5.32 Å². The molecular formula is C18H24N6O2. The van der Waals surface area contributed by atoms with Gasteiger partial charge < -0.3 is 20.1 Å². The van der Waals surface area contributed by atoms with E-state index in [2.05, 4.69) is 31.7 Å². The summed E-state index contributed by atoms with van der Waals surface area (Å²) >= 11 is 0. The van der Waals surface area contributed by atoms with Crippen molar-refractivity contribution in [3.05, 3.63) is 24.3 Å². The molecule has 138 valence electrons. The number of rotatable bonds is 4. The molecule has 4 heterocycles. The minimum absolute atomic E-state index is 0.0865. The van der Waals surface area contributed by atoms with Crippen LogP contribution in [0.2, 0.25) is 0 Å². The van der Waals surface area contributed by atoms with Gasteiger partial charge in [-0.2, -0.15) is 0 Å². The predicted molar refractivity (Wildman–Crippen MR) is 95.7 cm³/mol. The van der Waals surface area contributed by atoms with Crippen molar-refractivity contribution in [3.63, 3.8) is 0 Å². The lowest BCUT2D eigenvalue weighted by molar-refractivity contribution is -0.0721. The van der Waals surface area contributed by atoms with Crippen molar-refractivity contribution in [1.29, 1.82) is 0 Å². The summed E-state index contributed by atoms with van der Waals surface area (Å²) in [6.45, 7) is 1.60. The van der Waals surface area contributed by atoms with E-state index in [-0.39, 0.29) is 6.04 Å². The van der Waals surface area contributed by atoms with Crippen LogP contribution >= 0.6 is 0 Å². The third-order valence-electron chi connectivity index (χ3n) is 5.96. The summed E-state index contributed by atoms with van der Waals surface area (Å²) in [5.74, 6) is 1.10. The number of fused-ring (bicyclic) bond motifs is 3. The molecule has 2 atom stereocenters. The van der Waals surface area contributed by atoms with Crippen molar-refractivity contribution >= 4 is 16.6 Å². The highest BCUT2D eigenvalue weighted by atomic mass is 16.6. The molecule has 26 heavy (non-hydrogen) atoms. The third-order valence-corrected chi connectivity index (χ3v) is 5.96. The van der Waals surface area contributed by atoms with Gasteiger partial charge >= 0.3 is 0 Å². The first-order chi connectivity index (χ1) is 12.8. The van der Waals surface area contributed by atoms with E-state index in [0.29, 0.717) is 18.4 Å². The van der Waals surface area contributed by atoms with E-state index in [1.165, 1.54) is 12.8 Å². The molecule has 0 bridgehead atoms. The molecule has 0 aromatic carbocycles. The maximum absolute atomic E-state index is 9.74. The molecule has 2 fully saturated rings. The standard InChI is InChI=1S/C18H24N6O2/c25-18-14(6-8-26-18)20-9-11-1-3-12(4-2-11)15-16-13-5-7-19-17(13)21-10-24(16)23-22-15/h5,7,10-12,14,18-20,25H,1-4,6,8-9H2. The first-order valence-electron chi connectivity index (χ1n) is 9.49. The molecule has 0 amide bonds. The van der Waals surface area contributed by atoms with Crippen LogP contribution in [-0.4, -0.2) is 55.4 Å². The number of H-pyrrole nitrogens is 1. The van der Waals surface area contributed by atoms with E-state index in [1.807, 2.05) is 6.20 Å². The summed E-state index contributed by atoms with van der Waals surface area (Å²) in [6, 6.07) is 2.14. The second-order valence-corrected chi connectivity index (χ2v) is 7.53. The lowest BCUT2D eigenvalue weighted by atomic mass is 9.80. The molecule has 3 aromatic heterocycles. The molecular weight excluding hydrogens is 332 g/mol. The monoisotopic (exact) mass is 356 g/mol. The van der Waals surface area contributed by atoms with Crippen LogP contribution in [0, 0.1) is 5.92 Å². The summed E-state index contributed by atoms with van der Waals surface area (Å²) in [5.41, 5.74) is 3.07. The normalized spacial score (nSPS) is 29.7. The maximum Gasteiger partial charge on any atom is 0.169 e. The zero-order valence-electron chi connectivity index (χ0n) is 14.6. The minimum Gasteiger partial charge on any atom is -0.367 e. The number of aliphatic hydroxyl groups is 1. The number of aromatic nitrogens is 5. The molecule has 0 spiro atoms. The Hall–Kier alpha value is -2.03. The highest BCUT2D eigenvalue weighted by molar-refractivity contribution is 5.92. The Balaban J connectivity index is 1.27. The molecule has 0 radical (unpaired) electrons. The van der Waals surface area contributed by atoms with E-state index in [1.54, 1.807) is 10.8 Å². The molecule has 8 heteroatoms. The van der Waals surface area contributed by atoms with Gasteiger partial charge in [0, 0.05) is 17.5 Å². The van der Waals surface area contributed by atoms with Gasteiger partial charge in [0.15, 0.2) is 6.29 Å². The van der Waals surface area contributed by atoms with E-state index >= 15 is 0 Å². The van der Waals surface area contributed by atoms with Gasteiger partial charge in [0.25, 0.3) is 0 Å². The highest BCUT2D eigenvalue weighted by Gasteiger charge is 2.29. The number of hydrogen-bond acceptors (Lipinski definition) is 6. The summed E-state index contributed by atoms with van der Waals surface area (Å²) in [7, 11) is 0. The topological polar surface area (TPSA) is 100 Å². The van der Waals surface area contributed by atoms with Crippen molar-refractivity contribution in [1.82, 2.24) is 30.1 Å². The highest BCUT2D eigenvalue weighted by Crippen LogP contribution is 2.37. The zero-order valence-corrected chi connectivity index (χ0v) is 14.6. The molecule has 3 N–H and O–H groups in total. The van der Waals surface area contributed by atoms with Crippen LogP contribution in [0.15, 0.2) is 18.6 Å². The van der Waals surface area contributed by atoms with Crippen molar-refractivity contribution in [2.75, 3.05) is 13.2 Å². The molecule has 2 aliphatic rings. The van der Waals surface area contributed by atoms with Crippen LogP contribution in [0.25, 0.3) is 16.6 Å². The van der Waals surface area contributed by atoms with E-state index in [0.717, 1.165) is 48.1 Å². The molecule has 1 aliphatic heterocycles. The molecule has 1 aliphatic carbocycles. The Morgan fingerprint density at radius 1 is 1.27 bits per heavy atom. The predicted octanol–water partition coefficient (Wildman–Crippen LogP) is 1.58. The Kier molecular flexibility index (Phi) is 4.11. The summed E-state index contributed by atoms with van der Waals surface area (Å²) in [4.78, 5) is 7.54. The third kappa shape index (κ3) is 2.78. The molecule has 1 saturated carbocycles. The molecule has 1 saturated heterocycles. The number of nitrogens with zero attached hydrogens (tertiary/aromatic N) is 4. The van der Waals surface area contributed by atoms with Crippen LogP contribution in [-0.2, 0) is 4.74 Å². The summed E-state index contributed by atoms with van der Waals surface area (Å²) < 4.78 is 7.00. The fourth-order valence-electron chi connectivity index (χ4n) is 4.43. The fraction of sp³-hybridized carbons (Fsp3) is 0.611. The van der Waals surface area contributed by atoms with Crippen molar-refractivity contribution < 1.29 is 9.84 Å². The fourth-order valence-corrected chi connectivity index (χ4v) is 4.43. The second kappa shape index (κ2) is 6.61. The van der Waals surface area contributed by atoms with Gasteiger partial charge in [-0.05, 0) is 50.6 Å². The van der Waals surface area contributed by atoms with Gasteiger partial charge in [-0.1, -0.05) is 5.21 Å². The Bertz CT molecular complexity index is 897. The summed E-state index contributed by atoms with van der Waals surface area (Å²) in [6.07, 6.45) is 8.48. The van der Waals surface area contributed by atoms with Gasteiger partial charge in [-0.3, -0.25) is 0 Å². The number of hydrogen-bond donors (Lipinski definition) is 3. The van der Waals surface area contributed by atoms with E-state index in [4.69, 9.17) is 4.74 Å². The Labute approximate surface area is 150 Å². The lowest BCUT2D eigenvalue weighted by Gasteiger charge is -2.29. The number of nitrogens with one attached hydrogen (secondary N) is 2. The smallest absolute Gasteiger partial charge is 0.169 e. The SMILES string of the molecule is OC1OCCC1NCC1CCC(c2nnn3cnc4[nH]ccc4c23)CC1. The molecule has 5 rings (SSSR count). The molecule has 3 aromatic rings. The number of aromatic amines is 1. The first-order valence-corrected chi connectivity index (χ1v) is 9.49. The maximum atomic E-state index is 9.74. The second-order valence-electron chi connectivity index (χ2n) is 7.53. The first kappa shape index (κ1) is 16.2. The number of aliphatic hydroxyl groups excluding tert-OH is 1. The van der Waals surface area contributed by atoms with Crippen LogP contribution in [0.5, 0.6) is 0 Å². The van der Waals surface area contributed by atoms with Crippen LogP contribution in [0.1, 0.15) is 43.7 Å². The van der Waals surface area contributed by atoms with Crippen molar-refractivity contribution in [2.45, 2.75) is 50.4 Å². The summed E-state index contributed by atoms with van der Waals surface area (Å²) in [5, 5.41) is 23.1. The minimum atomic E-state index is -0.647. The van der Waals surface area contributed by atoms with Gasteiger partial charge in [-0.15, -0.1) is 5.10 Å². The lowest BCUT2D eigenvalue weighted by Crippen LogP contribution is -2.39. The van der Waals surface area contributed by atoms with E-state index in [9.17, 15) is 5.11 Å². The van der Waals surface area contributed by atoms with Crippen molar-refractivity contribution in [2.24, 2.45) is 5.92 Å². The Morgan fingerprint density at radius 3 is 2.96 bits per heavy atom. The van der Waals surface area contributed by atoms with Crippen LogP contribution in [0.3, 0.4) is 0 Å². The Morgan fingerprint density at radius 2 is 2.15 bits per heavy atom. The number of ether oxygens (including phenoxy) is 1. The largest absolute Gasteiger partial charge is 0.367 e. The average Bonchev–Trinajstić information content (AvgIpc) is 3.39.